The highest BCUT2D eigenvalue weighted by Gasteiger charge is 2.22. The minimum atomic E-state index is -2.86. The molecule has 0 atom stereocenters. The zero-order valence-electron chi connectivity index (χ0n) is 13.8. The second kappa shape index (κ2) is 7.98. The monoisotopic (exact) mass is 412 g/mol. The van der Waals surface area contributed by atoms with E-state index in [0.717, 1.165) is 11.3 Å². The number of nitrogens with one attached hydrogen (secondary N) is 1. The summed E-state index contributed by atoms with van der Waals surface area (Å²) in [6, 6.07) is 10.8. The maximum atomic E-state index is 13.7. The van der Waals surface area contributed by atoms with Crippen LogP contribution in [0.3, 0.4) is 0 Å². The first-order valence-electron chi connectivity index (χ1n) is 7.64. The third-order valence-corrected chi connectivity index (χ3v) is 4.69. The van der Waals surface area contributed by atoms with Crippen molar-refractivity contribution in [1.29, 1.82) is 0 Å². The Bertz CT molecular complexity index is 994. The normalized spacial score (nSPS) is 10.9. The molecule has 140 valence electrons. The molecule has 27 heavy (non-hydrogen) atoms. The number of thiazole rings is 1. The first kappa shape index (κ1) is 19.2. The number of ether oxygens (including phenoxy) is 1. The van der Waals surface area contributed by atoms with Gasteiger partial charge in [-0.2, -0.15) is 0 Å². The van der Waals surface area contributed by atoms with Gasteiger partial charge < -0.3 is 4.74 Å². The average molecular weight is 413 g/mol. The van der Waals surface area contributed by atoms with Crippen LogP contribution in [-0.2, 0) is 0 Å². The van der Waals surface area contributed by atoms with Crippen molar-refractivity contribution in [2.75, 3.05) is 5.32 Å². The molecule has 1 amide bonds. The number of halogens is 4. The van der Waals surface area contributed by atoms with Crippen molar-refractivity contribution >= 4 is 34.7 Å². The van der Waals surface area contributed by atoms with E-state index in [1.165, 1.54) is 19.1 Å². The van der Waals surface area contributed by atoms with Crippen LogP contribution in [0.5, 0.6) is 5.06 Å². The molecule has 0 saturated heterocycles. The van der Waals surface area contributed by atoms with Crippen LogP contribution >= 0.6 is 22.9 Å². The molecule has 0 unspecified atom stereocenters. The molecule has 0 spiro atoms. The molecule has 9 heteroatoms. The molecule has 0 bridgehead atoms. The summed E-state index contributed by atoms with van der Waals surface area (Å²) in [6.45, 7) is 1.53. The molecule has 0 fully saturated rings. The van der Waals surface area contributed by atoms with Gasteiger partial charge in [0.2, 0.25) is 5.06 Å². The maximum absolute atomic E-state index is 13.7. The van der Waals surface area contributed by atoms with E-state index in [9.17, 15) is 18.0 Å². The standard InChI is InChI=1S/C18H12ClF3N2O2S/c1-9-23-15(16(21)22)17(27-9)26-18(25)24-14-5-3-2-4-11(14)10-6-7-12(19)13(20)8-10/h2-8,16H,1H3,(H,24,25). The summed E-state index contributed by atoms with van der Waals surface area (Å²) in [5.74, 6) is -0.603. The third-order valence-electron chi connectivity index (χ3n) is 3.51. The fourth-order valence-electron chi connectivity index (χ4n) is 2.36. The number of para-hydroxylation sites is 1. The quantitative estimate of drug-likeness (QED) is 0.535. The molecule has 3 aromatic rings. The second-order valence-electron chi connectivity index (χ2n) is 5.40. The van der Waals surface area contributed by atoms with Gasteiger partial charge in [-0.25, -0.2) is 22.9 Å². The molecule has 4 nitrogen and oxygen atoms in total. The zero-order valence-corrected chi connectivity index (χ0v) is 15.4. The maximum Gasteiger partial charge on any atom is 0.417 e. The molecule has 0 aliphatic rings. The number of rotatable bonds is 4. The molecular formula is C18H12ClF3N2O2S. The summed E-state index contributed by atoms with van der Waals surface area (Å²) >= 11 is 6.54. The Labute approximate surface area is 161 Å². The van der Waals surface area contributed by atoms with Crippen molar-refractivity contribution in [3.05, 3.63) is 64.0 Å². The van der Waals surface area contributed by atoms with Gasteiger partial charge in [0, 0.05) is 5.56 Å². The van der Waals surface area contributed by atoms with E-state index in [-0.39, 0.29) is 10.1 Å². The Hall–Kier alpha value is -2.58. The molecular weight excluding hydrogens is 401 g/mol. The Morgan fingerprint density at radius 1 is 1.26 bits per heavy atom. The van der Waals surface area contributed by atoms with Crippen molar-refractivity contribution < 1.29 is 22.7 Å². The van der Waals surface area contributed by atoms with Crippen molar-refractivity contribution in [2.24, 2.45) is 0 Å². The Kier molecular flexibility index (Phi) is 5.67. The fourth-order valence-corrected chi connectivity index (χ4v) is 3.25. The van der Waals surface area contributed by atoms with Crippen LogP contribution in [0.25, 0.3) is 11.1 Å². The van der Waals surface area contributed by atoms with E-state index in [0.29, 0.717) is 21.8 Å². The number of benzene rings is 2. The van der Waals surface area contributed by atoms with Gasteiger partial charge in [-0.1, -0.05) is 47.2 Å². The molecule has 3 rings (SSSR count). The molecule has 1 heterocycles. The lowest BCUT2D eigenvalue weighted by Crippen LogP contribution is -2.17. The van der Waals surface area contributed by atoms with Gasteiger partial charge in [-0.15, -0.1) is 0 Å². The van der Waals surface area contributed by atoms with E-state index >= 15 is 0 Å². The molecule has 1 N–H and O–H groups in total. The summed E-state index contributed by atoms with van der Waals surface area (Å²) in [4.78, 5) is 15.8. The molecule has 0 radical (unpaired) electrons. The number of alkyl halides is 2. The van der Waals surface area contributed by atoms with E-state index in [1.807, 2.05) is 0 Å². The number of aromatic nitrogens is 1. The summed E-state index contributed by atoms with van der Waals surface area (Å²) in [5, 5.41) is 2.54. The minimum absolute atomic E-state index is 0.0244. The van der Waals surface area contributed by atoms with Crippen LogP contribution in [-0.4, -0.2) is 11.1 Å². The van der Waals surface area contributed by atoms with Gasteiger partial charge >= 0.3 is 6.09 Å². The predicted molar refractivity (Wildman–Crippen MR) is 98.3 cm³/mol. The number of carbonyl (C=O) groups excluding carboxylic acids is 1. The average Bonchev–Trinajstić information content (AvgIpc) is 2.98. The first-order chi connectivity index (χ1) is 12.8. The van der Waals surface area contributed by atoms with E-state index in [4.69, 9.17) is 16.3 Å². The van der Waals surface area contributed by atoms with E-state index < -0.39 is 24.0 Å². The second-order valence-corrected chi connectivity index (χ2v) is 6.97. The molecule has 1 aromatic heterocycles. The highest BCUT2D eigenvalue weighted by atomic mass is 35.5. The number of aryl methyl sites for hydroxylation is 1. The number of carbonyl (C=O) groups is 1. The molecule has 0 aliphatic carbocycles. The number of hydrogen-bond donors (Lipinski definition) is 1. The number of hydrogen-bond acceptors (Lipinski definition) is 4. The number of amides is 1. The summed E-state index contributed by atoms with van der Waals surface area (Å²) in [7, 11) is 0. The lowest BCUT2D eigenvalue weighted by molar-refractivity contribution is 0.142. The first-order valence-corrected chi connectivity index (χ1v) is 8.83. The van der Waals surface area contributed by atoms with Crippen LogP contribution in [0.2, 0.25) is 5.02 Å². The number of nitrogens with zero attached hydrogens (tertiary/aromatic N) is 1. The molecule has 2 aromatic carbocycles. The fraction of sp³-hybridized carbons (Fsp3) is 0.111. The lowest BCUT2D eigenvalue weighted by atomic mass is 10.0. The van der Waals surface area contributed by atoms with Gasteiger partial charge in [0.25, 0.3) is 6.43 Å². The van der Waals surface area contributed by atoms with Crippen LogP contribution in [0.4, 0.5) is 23.7 Å². The summed E-state index contributed by atoms with van der Waals surface area (Å²) < 4.78 is 44.7. The zero-order chi connectivity index (χ0) is 19.6. The Morgan fingerprint density at radius 3 is 2.70 bits per heavy atom. The van der Waals surface area contributed by atoms with Crippen molar-refractivity contribution in [3.63, 3.8) is 0 Å². The Balaban J connectivity index is 1.84. The largest absolute Gasteiger partial charge is 0.417 e. The van der Waals surface area contributed by atoms with Gasteiger partial charge in [0.1, 0.15) is 5.82 Å². The summed E-state index contributed by atoms with van der Waals surface area (Å²) in [6.07, 6.45) is -3.82. The van der Waals surface area contributed by atoms with Crippen molar-refractivity contribution in [3.8, 4) is 16.2 Å². The highest BCUT2D eigenvalue weighted by molar-refractivity contribution is 7.13. The predicted octanol–water partition coefficient (Wildman–Crippen LogP) is 6.46. The van der Waals surface area contributed by atoms with Gasteiger partial charge in [-0.3, -0.25) is 5.32 Å². The van der Waals surface area contributed by atoms with E-state index in [1.54, 1.807) is 30.3 Å². The van der Waals surface area contributed by atoms with Gasteiger partial charge in [0.15, 0.2) is 5.69 Å². The molecule has 0 aliphatic heterocycles. The van der Waals surface area contributed by atoms with Crippen LogP contribution in [0.1, 0.15) is 17.1 Å². The summed E-state index contributed by atoms with van der Waals surface area (Å²) in [5.41, 5.74) is 0.735. The lowest BCUT2D eigenvalue weighted by Gasteiger charge is -2.11. The number of anilines is 1. The van der Waals surface area contributed by atoms with E-state index in [2.05, 4.69) is 10.3 Å². The molecule has 0 saturated carbocycles. The van der Waals surface area contributed by atoms with Crippen molar-refractivity contribution in [1.82, 2.24) is 4.98 Å². The Morgan fingerprint density at radius 2 is 2.00 bits per heavy atom. The third kappa shape index (κ3) is 4.40. The smallest absolute Gasteiger partial charge is 0.397 e. The van der Waals surface area contributed by atoms with Crippen LogP contribution in [0, 0.1) is 12.7 Å². The van der Waals surface area contributed by atoms with Gasteiger partial charge in [-0.05, 0) is 30.7 Å². The van der Waals surface area contributed by atoms with Gasteiger partial charge in [0.05, 0.1) is 15.7 Å². The highest BCUT2D eigenvalue weighted by Crippen LogP contribution is 2.35. The van der Waals surface area contributed by atoms with Crippen molar-refractivity contribution in [2.45, 2.75) is 13.3 Å². The minimum Gasteiger partial charge on any atom is -0.397 e. The SMILES string of the molecule is Cc1nc(C(F)F)c(OC(=O)Nc2ccccc2-c2ccc(Cl)c(F)c2)s1. The van der Waals surface area contributed by atoms with Crippen LogP contribution in [0.15, 0.2) is 42.5 Å². The van der Waals surface area contributed by atoms with Crippen LogP contribution < -0.4 is 10.1 Å². The topological polar surface area (TPSA) is 51.2 Å².